The molecule has 2 aromatic rings. The number of fused-ring (bicyclic) bond motifs is 1. The lowest BCUT2D eigenvalue weighted by molar-refractivity contribution is -0.124. The number of amides is 2. The fourth-order valence-electron chi connectivity index (χ4n) is 2.91. The lowest BCUT2D eigenvalue weighted by atomic mass is 10.1. The first-order valence-corrected chi connectivity index (χ1v) is 9.55. The SMILES string of the molecule is COc1cc(CNC(=O)C[C@@H]2Sc3ccccc3NC2=O)cc(OC)c1OC. The molecule has 0 saturated heterocycles. The van der Waals surface area contributed by atoms with E-state index in [9.17, 15) is 9.59 Å². The number of anilines is 1. The van der Waals surface area contributed by atoms with Gasteiger partial charge in [0.2, 0.25) is 17.6 Å². The van der Waals surface area contributed by atoms with Gasteiger partial charge in [-0.2, -0.15) is 0 Å². The van der Waals surface area contributed by atoms with E-state index in [-0.39, 0.29) is 24.8 Å². The predicted molar refractivity (Wildman–Crippen MR) is 107 cm³/mol. The quantitative estimate of drug-likeness (QED) is 0.741. The van der Waals surface area contributed by atoms with Gasteiger partial charge in [-0.3, -0.25) is 9.59 Å². The number of rotatable bonds is 7. The van der Waals surface area contributed by atoms with Crippen LogP contribution in [0, 0.1) is 0 Å². The molecule has 1 atom stereocenters. The minimum Gasteiger partial charge on any atom is -0.493 e. The standard InChI is InChI=1S/C20H22N2O5S/c1-25-14-8-12(9-15(26-2)19(14)27-3)11-21-18(23)10-17-20(24)22-13-6-4-5-7-16(13)28-17/h4-9,17H,10-11H2,1-3H3,(H,21,23)(H,22,24)/t17-/m0/s1. The van der Waals surface area contributed by atoms with Gasteiger partial charge < -0.3 is 24.8 Å². The maximum atomic E-state index is 12.4. The summed E-state index contributed by atoms with van der Waals surface area (Å²) in [7, 11) is 4.61. The van der Waals surface area contributed by atoms with Crippen molar-refractivity contribution in [2.45, 2.75) is 23.1 Å². The monoisotopic (exact) mass is 402 g/mol. The Morgan fingerprint density at radius 2 is 1.79 bits per heavy atom. The zero-order chi connectivity index (χ0) is 20.1. The Labute approximate surface area is 167 Å². The molecule has 0 aliphatic carbocycles. The molecular weight excluding hydrogens is 380 g/mol. The number of nitrogens with one attached hydrogen (secondary N) is 2. The summed E-state index contributed by atoms with van der Waals surface area (Å²) in [4.78, 5) is 25.6. The van der Waals surface area contributed by atoms with Gasteiger partial charge in [-0.05, 0) is 29.8 Å². The highest BCUT2D eigenvalue weighted by molar-refractivity contribution is 8.01. The molecule has 148 valence electrons. The second kappa shape index (κ2) is 8.88. The van der Waals surface area contributed by atoms with Gasteiger partial charge in [0.05, 0.1) is 32.3 Å². The van der Waals surface area contributed by atoms with Crippen LogP contribution in [0.25, 0.3) is 0 Å². The van der Waals surface area contributed by atoms with Crippen molar-refractivity contribution in [2.75, 3.05) is 26.6 Å². The molecular formula is C20H22N2O5S. The molecule has 3 rings (SSSR count). The molecule has 0 saturated carbocycles. The molecule has 28 heavy (non-hydrogen) atoms. The summed E-state index contributed by atoms with van der Waals surface area (Å²) in [5, 5.41) is 5.23. The van der Waals surface area contributed by atoms with Crippen molar-refractivity contribution in [1.82, 2.24) is 5.32 Å². The number of benzene rings is 2. The van der Waals surface area contributed by atoms with Gasteiger partial charge in [0.1, 0.15) is 0 Å². The van der Waals surface area contributed by atoms with Crippen molar-refractivity contribution in [3.8, 4) is 17.2 Å². The predicted octanol–water partition coefficient (Wildman–Crippen LogP) is 2.83. The van der Waals surface area contributed by atoms with Crippen LogP contribution in [0.4, 0.5) is 5.69 Å². The van der Waals surface area contributed by atoms with E-state index in [0.717, 1.165) is 16.1 Å². The Hall–Kier alpha value is -2.87. The fraction of sp³-hybridized carbons (Fsp3) is 0.300. The summed E-state index contributed by atoms with van der Waals surface area (Å²) in [6.07, 6.45) is 0.0925. The Kier molecular flexibility index (Phi) is 6.30. The van der Waals surface area contributed by atoms with Crippen molar-refractivity contribution >= 4 is 29.3 Å². The molecule has 2 aromatic carbocycles. The highest BCUT2D eigenvalue weighted by Crippen LogP contribution is 2.38. The molecule has 0 bridgehead atoms. The molecule has 0 radical (unpaired) electrons. The highest BCUT2D eigenvalue weighted by Gasteiger charge is 2.28. The summed E-state index contributed by atoms with van der Waals surface area (Å²) < 4.78 is 15.9. The van der Waals surface area contributed by atoms with Crippen molar-refractivity contribution in [2.24, 2.45) is 0 Å². The Morgan fingerprint density at radius 1 is 1.11 bits per heavy atom. The van der Waals surface area contributed by atoms with Crippen LogP contribution in [0.15, 0.2) is 41.3 Å². The van der Waals surface area contributed by atoms with Crippen LogP contribution in [0.2, 0.25) is 0 Å². The summed E-state index contributed by atoms with van der Waals surface area (Å²) >= 11 is 1.40. The van der Waals surface area contributed by atoms with Gasteiger partial charge in [-0.15, -0.1) is 11.8 Å². The molecule has 1 aliphatic rings. The van der Waals surface area contributed by atoms with E-state index >= 15 is 0 Å². The minimum atomic E-state index is -0.463. The molecule has 8 heteroatoms. The third kappa shape index (κ3) is 4.33. The van der Waals surface area contributed by atoms with Crippen molar-refractivity contribution < 1.29 is 23.8 Å². The normalized spacial score (nSPS) is 15.2. The summed E-state index contributed by atoms with van der Waals surface area (Å²) in [6.45, 7) is 0.283. The minimum absolute atomic E-state index is 0.0925. The second-order valence-corrected chi connectivity index (χ2v) is 7.35. The molecule has 1 aliphatic heterocycles. The van der Waals surface area contributed by atoms with Crippen LogP contribution in [0.5, 0.6) is 17.2 Å². The van der Waals surface area contributed by atoms with E-state index in [2.05, 4.69) is 10.6 Å². The molecule has 1 heterocycles. The average Bonchev–Trinajstić information content (AvgIpc) is 2.71. The van der Waals surface area contributed by atoms with Crippen molar-refractivity contribution in [3.05, 3.63) is 42.0 Å². The number of thioether (sulfide) groups is 1. The zero-order valence-corrected chi connectivity index (χ0v) is 16.7. The molecule has 2 amide bonds. The smallest absolute Gasteiger partial charge is 0.238 e. The topological polar surface area (TPSA) is 85.9 Å². The van der Waals surface area contributed by atoms with Crippen LogP contribution in [-0.2, 0) is 16.1 Å². The number of hydrogen-bond acceptors (Lipinski definition) is 6. The van der Waals surface area contributed by atoms with Crippen LogP contribution < -0.4 is 24.8 Å². The van der Waals surface area contributed by atoms with Crippen LogP contribution in [0.1, 0.15) is 12.0 Å². The van der Waals surface area contributed by atoms with Gasteiger partial charge in [0.25, 0.3) is 0 Å². The fourth-order valence-corrected chi connectivity index (χ4v) is 4.02. The van der Waals surface area contributed by atoms with E-state index in [1.165, 1.54) is 33.1 Å². The lowest BCUT2D eigenvalue weighted by Crippen LogP contribution is -2.34. The lowest BCUT2D eigenvalue weighted by Gasteiger charge is -2.23. The van der Waals surface area contributed by atoms with Crippen LogP contribution in [-0.4, -0.2) is 38.4 Å². The Bertz CT molecular complexity index is 862. The molecule has 0 aromatic heterocycles. The van der Waals surface area contributed by atoms with Gasteiger partial charge >= 0.3 is 0 Å². The van der Waals surface area contributed by atoms with Crippen LogP contribution in [0.3, 0.4) is 0 Å². The summed E-state index contributed by atoms with van der Waals surface area (Å²) in [6, 6.07) is 11.1. The van der Waals surface area contributed by atoms with Gasteiger partial charge in [0.15, 0.2) is 11.5 Å². The summed E-state index contributed by atoms with van der Waals surface area (Å²) in [5.41, 5.74) is 1.58. The average molecular weight is 402 g/mol. The van der Waals surface area contributed by atoms with Crippen molar-refractivity contribution in [3.63, 3.8) is 0 Å². The van der Waals surface area contributed by atoms with Crippen molar-refractivity contribution in [1.29, 1.82) is 0 Å². The van der Waals surface area contributed by atoms with Gasteiger partial charge in [0, 0.05) is 17.9 Å². The number of para-hydroxylation sites is 1. The van der Waals surface area contributed by atoms with E-state index < -0.39 is 5.25 Å². The first-order valence-electron chi connectivity index (χ1n) is 8.67. The number of carbonyl (C=O) groups excluding carboxylic acids is 2. The maximum absolute atomic E-state index is 12.4. The maximum Gasteiger partial charge on any atom is 0.238 e. The summed E-state index contributed by atoms with van der Waals surface area (Å²) in [5.74, 6) is 1.16. The van der Waals surface area contributed by atoms with E-state index in [1.807, 2.05) is 24.3 Å². The molecule has 0 fully saturated rings. The number of methoxy groups -OCH3 is 3. The molecule has 0 unspecified atom stereocenters. The number of hydrogen-bond donors (Lipinski definition) is 2. The molecule has 2 N–H and O–H groups in total. The largest absolute Gasteiger partial charge is 0.493 e. The first-order chi connectivity index (χ1) is 13.5. The molecule has 0 spiro atoms. The van der Waals surface area contributed by atoms with E-state index in [0.29, 0.717) is 17.2 Å². The van der Waals surface area contributed by atoms with Gasteiger partial charge in [-0.1, -0.05) is 12.1 Å². The number of carbonyl (C=O) groups is 2. The Balaban J connectivity index is 1.63. The zero-order valence-electron chi connectivity index (χ0n) is 15.9. The second-order valence-electron chi connectivity index (χ2n) is 6.11. The third-order valence-electron chi connectivity index (χ3n) is 4.29. The van der Waals surface area contributed by atoms with Gasteiger partial charge in [-0.25, -0.2) is 0 Å². The van der Waals surface area contributed by atoms with E-state index in [1.54, 1.807) is 12.1 Å². The Morgan fingerprint density at radius 3 is 2.43 bits per heavy atom. The van der Waals surface area contributed by atoms with Crippen LogP contribution >= 0.6 is 11.8 Å². The third-order valence-corrected chi connectivity index (χ3v) is 5.57. The first kappa shape index (κ1) is 19.9. The highest BCUT2D eigenvalue weighted by atomic mass is 32.2. The number of ether oxygens (including phenoxy) is 3. The molecule has 7 nitrogen and oxygen atoms in total. The van der Waals surface area contributed by atoms with E-state index in [4.69, 9.17) is 14.2 Å².